The molecule has 1 atom stereocenters. The SMILES string of the molecule is CNC(C1CCOCC1)C(C)(F)F. The fourth-order valence-corrected chi connectivity index (χ4v) is 1.95. The molecule has 1 N–H and O–H groups in total. The van der Waals surface area contributed by atoms with Gasteiger partial charge in [0.05, 0.1) is 6.04 Å². The lowest BCUT2D eigenvalue weighted by Gasteiger charge is -2.33. The van der Waals surface area contributed by atoms with Crippen molar-refractivity contribution in [3.63, 3.8) is 0 Å². The lowest BCUT2D eigenvalue weighted by Crippen LogP contribution is -2.48. The number of nitrogens with one attached hydrogen (secondary N) is 1. The molecule has 1 aliphatic heterocycles. The summed E-state index contributed by atoms with van der Waals surface area (Å²) in [6.45, 7) is 2.20. The first kappa shape index (κ1) is 10.9. The molecule has 1 fully saturated rings. The third kappa shape index (κ3) is 2.88. The quantitative estimate of drug-likeness (QED) is 0.736. The highest BCUT2D eigenvalue weighted by Crippen LogP contribution is 2.29. The molecular weight excluding hydrogens is 176 g/mol. The normalized spacial score (nSPS) is 23.1. The molecule has 0 aromatic rings. The molecule has 1 rings (SSSR count). The molecule has 1 aliphatic rings. The summed E-state index contributed by atoms with van der Waals surface area (Å²) in [7, 11) is 1.59. The van der Waals surface area contributed by atoms with Gasteiger partial charge in [-0.1, -0.05) is 0 Å². The Hall–Kier alpha value is -0.220. The van der Waals surface area contributed by atoms with Gasteiger partial charge in [-0.15, -0.1) is 0 Å². The number of rotatable bonds is 3. The van der Waals surface area contributed by atoms with E-state index in [1.165, 1.54) is 0 Å². The Morgan fingerprint density at radius 2 is 1.92 bits per heavy atom. The van der Waals surface area contributed by atoms with Crippen LogP contribution in [0.1, 0.15) is 19.8 Å². The van der Waals surface area contributed by atoms with Crippen molar-refractivity contribution in [1.82, 2.24) is 5.32 Å². The van der Waals surface area contributed by atoms with E-state index < -0.39 is 12.0 Å². The van der Waals surface area contributed by atoms with Gasteiger partial charge in [-0.05, 0) is 25.8 Å². The van der Waals surface area contributed by atoms with E-state index in [1.807, 2.05) is 0 Å². The lowest BCUT2D eigenvalue weighted by molar-refractivity contribution is -0.0568. The maximum absolute atomic E-state index is 13.1. The van der Waals surface area contributed by atoms with Gasteiger partial charge in [0, 0.05) is 20.1 Å². The number of ether oxygens (including phenoxy) is 1. The van der Waals surface area contributed by atoms with E-state index in [1.54, 1.807) is 7.05 Å². The Bertz CT molecular complexity index is 152. The van der Waals surface area contributed by atoms with Crippen molar-refractivity contribution >= 4 is 0 Å². The van der Waals surface area contributed by atoms with Gasteiger partial charge in [0.2, 0.25) is 0 Å². The number of hydrogen-bond donors (Lipinski definition) is 1. The van der Waals surface area contributed by atoms with Crippen molar-refractivity contribution in [1.29, 1.82) is 0 Å². The van der Waals surface area contributed by atoms with E-state index in [0.29, 0.717) is 13.2 Å². The molecule has 0 saturated carbocycles. The highest BCUT2D eigenvalue weighted by Gasteiger charge is 2.39. The average molecular weight is 193 g/mol. The predicted octanol–water partition coefficient (Wildman–Crippen LogP) is 1.66. The van der Waals surface area contributed by atoms with E-state index in [2.05, 4.69) is 5.32 Å². The van der Waals surface area contributed by atoms with Crippen LogP contribution in [0.25, 0.3) is 0 Å². The molecule has 0 radical (unpaired) electrons. The Labute approximate surface area is 77.6 Å². The molecular formula is C9H17F2NO. The molecule has 13 heavy (non-hydrogen) atoms. The van der Waals surface area contributed by atoms with Gasteiger partial charge < -0.3 is 10.1 Å². The van der Waals surface area contributed by atoms with Gasteiger partial charge in [0.15, 0.2) is 0 Å². The molecule has 0 bridgehead atoms. The topological polar surface area (TPSA) is 21.3 Å². The molecule has 0 amide bonds. The zero-order chi connectivity index (χ0) is 9.90. The van der Waals surface area contributed by atoms with Crippen LogP contribution in [0.3, 0.4) is 0 Å². The second-order valence-electron chi connectivity index (χ2n) is 3.67. The third-order valence-corrected chi connectivity index (χ3v) is 2.59. The summed E-state index contributed by atoms with van der Waals surface area (Å²) in [5.74, 6) is -2.60. The Morgan fingerprint density at radius 3 is 2.31 bits per heavy atom. The third-order valence-electron chi connectivity index (χ3n) is 2.59. The number of halogens is 2. The monoisotopic (exact) mass is 193 g/mol. The van der Waals surface area contributed by atoms with Gasteiger partial charge in [0.1, 0.15) is 0 Å². The van der Waals surface area contributed by atoms with Crippen molar-refractivity contribution in [3.8, 4) is 0 Å². The van der Waals surface area contributed by atoms with Crippen molar-refractivity contribution in [3.05, 3.63) is 0 Å². The minimum Gasteiger partial charge on any atom is -0.381 e. The first-order valence-corrected chi connectivity index (χ1v) is 4.68. The zero-order valence-corrected chi connectivity index (χ0v) is 8.15. The Kier molecular flexibility index (Phi) is 3.62. The van der Waals surface area contributed by atoms with Crippen LogP contribution in [0, 0.1) is 5.92 Å². The Morgan fingerprint density at radius 1 is 1.38 bits per heavy atom. The highest BCUT2D eigenvalue weighted by atomic mass is 19.3. The minimum absolute atomic E-state index is 0.0405. The van der Waals surface area contributed by atoms with E-state index in [-0.39, 0.29) is 5.92 Å². The largest absolute Gasteiger partial charge is 0.381 e. The summed E-state index contributed by atoms with van der Waals surface area (Å²) in [5, 5.41) is 2.71. The van der Waals surface area contributed by atoms with Crippen LogP contribution in [0.15, 0.2) is 0 Å². The summed E-state index contributed by atoms with van der Waals surface area (Å²) in [5.41, 5.74) is 0. The smallest absolute Gasteiger partial charge is 0.260 e. The molecule has 0 aromatic heterocycles. The van der Waals surface area contributed by atoms with Crippen molar-refractivity contribution < 1.29 is 13.5 Å². The maximum atomic E-state index is 13.1. The van der Waals surface area contributed by atoms with E-state index >= 15 is 0 Å². The van der Waals surface area contributed by atoms with Crippen LogP contribution in [0.2, 0.25) is 0 Å². The van der Waals surface area contributed by atoms with Crippen LogP contribution in [-0.4, -0.2) is 32.2 Å². The van der Waals surface area contributed by atoms with Crippen LogP contribution in [0.5, 0.6) is 0 Å². The molecule has 1 saturated heterocycles. The van der Waals surface area contributed by atoms with Gasteiger partial charge in [-0.2, -0.15) is 0 Å². The Balaban J connectivity index is 2.54. The molecule has 0 aliphatic carbocycles. The number of alkyl halides is 2. The van der Waals surface area contributed by atoms with Crippen molar-refractivity contribution in [2.45, 2.75) is 31.7 Å². The van der Waals surface area contributed by atoms with Gasteiger partial charge in [-0.25, -0.2) is 8.78 Å². The van der Waals surface area contributed by atoms with Crippen molar-refractivity contribution in [2.75, 3.05) is 20.3 Å². The molecule has 2 nitrogen and oxygen atoms in total. The standard InChI is InChI=1S/C9H17F2NO/c1-9(10,11)8(12-2)7-3-5-13-6-4-7/h7-8,12H,3-6H2,1-2H3. The molecule has 4 heteroatoms. The fraction of sp³-hybridized carbons (Fsp3) is 1.00. The lowest BCUT2D eigenvalue weighted by atomic mass is 9.88. The molecule has 0 spiro atoms. The van der Waals surface area contributed by atoms with Gasteiger partial charge in [0.25, 0.3) is 5.92 Å². The van der Waals surface area contributed by atoms with E-state index in [4.69, 9.17) is 4.74 Å². The first-order valence-electron chi connectivity index (χ1n) is 4.68. The van der Waals surface area contributed by atoms with Crippen LogP contribution in [0.4, 0.5) is 8.78 Å². The summed E-state index contributed by atoms with van der Waals surface area (Å²) >= 11 is 0. The summed E-state index contributed by atoms with van der Waals surface area (Å²) < 4.78 is 31.3. The average Bonchev–Trinajstić information content (AvgIpc) is 2.05. The van der Waals surface area contributed by atoms with Crippen molar-refractivity contribution in [2.24, 2.45) is 5.92 Å². The fourth-order valence-electron chi connectivity index (χ4n) is 1.95. The first-order chi connectivity index (χ1) is 6.05. The number of hydrogen-bond acceptors (Lipinski definition) is 2. The molecule has 1 heterocycles. The van der Waals surface area contributed by atoms with E-state index in [9.17, 15) is 8.78 Å². The zero-order valence-electron chi connectivity index (χ0n) is 8.15. The molecule has 0 aromatic carbocycles. The second kappa shape index (κ2) is 4.33. The van der Waals surface area contributed by atoms with E-state index in [0.717, 1.165) is 19.8 Å². The maximum Gasteiger partial charge on any atom is 0.260 e. The van der Waals surface area contributed by atoms with Gasteiger partial charge in [-0.3, -0.25) is 0 Å². The molecule has 78 valence electrons. The second-order valence-corrected chi connectivity index (χ2v) is 3.67. The minimum atomic E-state index is -2.64. The van der Waals surface area contributed by atoms with Crippen LogP contribution >= 0.6 is 0 Å². The summed E-state index contributed by atoms with van der Waals surface area (Å²) in [6.07, 6.45) is 1.46. The van der Waals surface area contributed by atoms with Crippen LogP contribution in [-0.2, 0) is 4.74 Å². The summed E-state index contributed by atoms with van der Waals surface area (Å²) in [6, 6.07) is -0.712. The van der Waals surface area contributed by atoms with Gasteiger partial charge >= 0.3 is 0 Å². The van der Waals surface area contributed by atoms with Crippen LogP contribution < -0.4 is 5.32 Å². The highest BCUT2D eigenvalue weighted by molar-refractivity contribution is 4.86. The predicted molar refractivity (Wildman–Crippen MR) is 47.0 cm³/mol. The molecule has 1 unspecified atom stereocenters. The summed E-state index contributed by atoms with van der Waals surface area (Å²) in [4.78, 5) is 0.